The zero-order chi connectivity index (χ0) is 25.4. The summed E-state index contributed by atoms with van der Waals surface area (Å²) in [5.74, 6) is -0.915. The first-order chi connectivity index (χ1) is 16.5. The Morgan fingerprint density at radius 1 is 1.03 bits per heavy atom. The van der Waals surface area contributed by atoms with Crippen LogP contribution in [0.3, 0.4) is 0 Å². The molecular weight excluding hydrogens is 512 g/mol. The lowest BCUT2D eigenvalue weighted by Gasteiger charge is -2.16. The van der Waals surface area contributed by atoms with Crippen LogP contribution in [0.25, 0.3) is 0 Å². The van der Waals surface area contributed by atoms with Gasteiger partial charge in [-0.3, -0.25) is 4.98 Å². The number of carbonyl (C=O) groups is 1. The van der Waals surface area contributed by atoms with Crippen molar-refractivity contribution >= 4 is 38.9 Å². The van der Waals surface area contributed by atoms with Gasteiger partial charge in [-0.15, -0.1) is 0 Å². The number of benzene rings is 2. The van der Waals surface area contributed by atoms with Crippen molar-refractivity contribution in [2.75, 3.05) is 11.9 Å². The number of halogens is 5. The molecule has 13 heteroatoms. The molecule has 2 amide bonds. The number of hydrogen-bond donors (Lipinski definition) is 1. The number of amides is 2. The number of hydrazone groups is 1. The first kappa shape index (κ1) is 24.6. The largest absolute Gasteiger partial charge is 0.501 e. The van der Waals surface area contributed by atoms with Crippen molar-refractivity contribution in [2.45, 2.75) is 16.3 Å². The summed E-state index contributed by atoms with van der Waals surface area (Å²) in [4.78, 5) is 16.2. The van der Waals surface area contributed by atoms with Crippen LogP contribution in [0.4, 0.5) is 28.0 Å². The number of urea groups is 1. The molecule has 1 unspecified atom stereocenters. The number of nitrogens with one attached hydrogen (secondary N) is 1. The molecule has 4 rings (SSSR count). The van der Waals surface area contributed by atoms with E-state index in [0.29, 0.717) is 22.0 Å². The SMILES string of the molecule is O=C(Nc1ccc(S(=O)(=O)C(F)(F)F)cc1)N1CC(c2ccc(Cl)cn2)C(c2ccc(F)cc2)=N1. The van der Waals surface area contributed by atoms with Crippen molar-refractivity contribution in [3.8, 4) is 0 Å². The second-order valence-electron chi connectivity index (χ2n) is 7.43. The van der Waals surface area contributed by atoms with E-state index in [9.17, 15) is 30.8 Å². The average molecular weight is 527 g/mol. The summed E-state index contributed by atoms with van der Waals surface area (Å²) in [6, 6.07) is 11.7. The minimum atomic E-state index is -5.51. The fourth-order valence-corrected chi connectivity index (χ4v) is 4.25. The second-order valence-corrected chi connectivity index (χ2v) is 9.81. The molecule has 1 aliphatic rings. The highest BCUT2D eigenvalue weighted by molar-refractivity contribution is 7.92. The Morgan fingerprint density at radius 2 is 1.69 bits per heavy atom. The topological polar surface area (TPSA) is 91.7 Å². The van der Waals surface area contributed by atoms with E-state index in [2.05, 4.69) is 15.4 Å². The molecule has 0 saturated carbocycles. The molecule has 35 heavy (non-hydrogen) atoms. The van der Waals surface area contributed by atoms with Crippen LogP contribution in [-0.2, 0) is 9.84 Å². The molecule has 0 spiro atoms. The number of alkyl halides is 3. The van der Waals surface area contributed by atoms with E-state index < -0.39 is 38.0 Å². The lowest BCUT2D eigenvalue weighted by molar-refractivity contribution is -0.0436. The zero-order valence-electron chi connectivity index (χ0n) is 17.5. The summed E-state index contributed by atoms with van der Waals surface area (Å²) in [5, 5.41) is 8.33. The summed E-state index contributed by atoms with van der Waals surface area (Å²) < 4.78 is 74.6. The zero-order valence-corrected chi connectivity index (χ0v) is 19.1. The monoisotopic (exact) mass is 526 g/mol. The normalized spacial score (nSPS) is 16.2. The van der Waals surface area contributed by atoms with E-state index in [4.69, 9.17) is 11.6 Å². The Bertz CT molecular complexity index is 1380. The molecule has 1 aromatic heterocycles. The molecule has 0 aliphatic carbocycles. The number of pyridine rings is 1. The van der Waals surface area contributed by atoms with Gasteiger partial charge in [0.15, 0.2) is 0 Å². The molecule has 1 atom stereocenters. The Kier molecular flexibility index (Phi) is 6.52. The van der Waals surface area contributed by atoms with Crippen molar-refractivity contribution in [1.82, 2.24) is 9.99 Å². The minimum absolute atomic E-state index is 0.0581. The third-order valence-corrected chi connectivity index (χ3v) is 6.84. The molecule has 3 aromatic rings. The third-order valence-electron chi connectivity index (χ3n) is 5.12. The van der Waals surface area contributed by atoms with Crippen LogP contribution in [0, 0.1) is 5.82 Å². The Hall–Kier alpha value is -3.51. The van der Waals surface area contributed by atoms with Crippen LogP contribution in [-0.4, -0.2) is 42.2 Å². The molecular formula is C22H15ClF4N4O3S. The first-order valence-corrected chi connectivity index (χ1v) is 11.8. The van der Waals surface area contributed by atoms with Gasteiger partial charge >= 0.3 is 11.5 Å². The van der Waals surface area contributed by atoms with E-state index in [1.807, 2.05) is 0 Å². The molecule has 2 aromatic carbocycles. The Morgan fingerprint density at radius 3 is 2.26 bits per heavy atom. The van der Waals surface area contributed by atoms with Crippen LogP contribution in [0.1, 0.15) is 17.2 Å². The predicted molar refractivity (Wildman–Crippen MR) is 120 cm³/mol. The molecule has 1 aliphatic heterocycles. The van der Waals surface area contributed by atoms with Crippen molar-refractivity contribution in [1.29, 1.82) is 0 Å². The number of hydrogen-bond acceptors (Lipinski definition) is 5. The third kappa shape index (κ3) is 5.13. The summed E-state index contributed by atoms with van der Waals surface area (Å²) in [5.41, 5.74) is -3.81. The van der Waals surface area contributed by atoms with Gasteiger partial charge in [-0.05, 0) is 54.1 Å². The predicted octanol–water partition coefficient (Wildman–Crippen LogP) is 5.20. The highest BCUT2D eigenvalue weighted by atomic mass is 35.5. The lowest BCUT2D eigenvalue weighted by atomic mass is 9.94. The number of sulfone groups is 1. The van der Waals surface area contributed by atoms with Gasteiger partial charge in [0, 0.05) is 11.9 Å². The van der Waals surface area contributed by atoms with Gasteiger partial charge in [-0.2, -0.15) is 18.3 Å². The van der Waals surface area contributed by atoms with Gasteiger partial charge in [0.25, 0.3) is 9.84 Å². The number of anilines is 1. The van der Waals surface area contributed by atoms with Crippen molar-refractivity contribution < 1.29 is 30.8 Å². The summed E-state index contributed by atoms with van der Waals surface area (Å²) in [6.07, 6.45) is 1.44. The smallest absolute Gasteiger partial charge is 0.306 e. The maximum atomic E-state index is 13.4. The quantitative estimate of drug-likeness (QED) is 0.473. The lowest BCUT2D eigenvalue weighted by Crippen LogP contribution is -2.30. The molecule has 182 valence electrons. The molecule has 7 nitrogen and oxygen atoms in total. The van der Waals surface area contributed by atoms with E-state index in [1.165, 1.54) is 30.5 Å². The maximum Gasteiger partial charge on any atom is 0.501 e. The van der Waals surface area contributed by atoms with Gasteiger partial charge in [0.05, 0.1) is 33.8 Å². The van der Waals surface area contributed by atoms with Crippen LogP contribution in [0.5, 0.6) is 0 Å². The van der Waals surface area contributed by atoms with Gasteiger partial charge in [-0.25, -0.2) is 22.6 Å². The van der Waals surface area contributed by atoms with Crippen LogP contribution < -0.4 is 5.32 Å². The maximum absolute atomic E-state index is 13.4. The average Bonchev–Trinajstić information content (AvgIpc) is 3.25. The fraction of sp³-hybridized carbons (Fsp3) is 0.136. The highest BCUT2D eigenvalue weighted by Gasteiger charge is 2.46. The van der Waals surface area contributed by atoms with E-state index in [0.717, 1.165) is 29.3 Å². The number of nitrogens with zero attached hydrogens (tertiary/aromatic N) is 3. The molecule has 0 fully saturated rings. The molecule has 1 N–H and O–H groups in total. The van der Waals surface area contributed by atoms with E-state index >= 15 is 0 Å². The van der Waals surface area contributed by atoms with Gasteiger partial charge < -0.3 is 5.32 Å². The fourth-order valence-electron chi connectivity index (χ4n) is 3.37. The number of rotatable bonds is 4. The van der Waals surface area contributed by atoms with Crippen LogP contribution in [0.2, 0.25) is 5.02 Å². The van der Waals surface area contributed by atoms with Crippen LogP contribution >= 0.6 is 11.6 Å². The summed E-state index contributed by atoms with van der Waals surface area (Å²) in [7, 11) is -5.51. The van der Waals surface area contributed by atoms with Gasteiger partial charge in [-0.1, -0.05) is 23.7 Å². The first-order valence-electron chi connectivity index (χ1n) is 9.91. The van der Waals surface area contributed by atoms with Crippen molar-refractivity contribution in [2.24, 2.45) is 5.10 Å². The molecule has 0 radical (unpaired) electrons. The minimum Gasteiger partial charge on any atom is -0.306 e. The van der Waals surface area contributed by atoms with Gasteiger partial charge in [0.1, 0.15) is 5.82 Å². The Balaban J connectivity index is 1.57. The molecule has 0 saturated heterocycles. The van der Waals surface area contributed by atoms with E-state index in [-0.39, 0.29) is 12.2 Å². The van der Waals surface area contributed by atoms with Crippen molar-refractivity contribution in [3.05, 3.63) is 89.0 Å². The number of carbonyl (C=O) groups excluding carboxylic acids is 1. The molecule has 0 bridgehead atoms. The highest BCUT2D eigenvalue weighted by Crippen LogP contribution is 2.31. The van der Waals surface area contributed by atoms with E-state index in [1.54, 1.807) is 12.1 Å². The van der Waals surface area contributed by atoms with Gasteiger partial charge in [0.2, 0.25) is 0 Å². The standard InChI is InChI=1S/C22H15ClF4N4O3S/c23-14-3-10-19(28-11-14)18-12-31(30-20(18)13-1-4-15(24)5-2-13)21(32)29-16-6-8-17(9-7-16)35(33,34)22(25,26)27/h1-11,18H,12H2,(H,29,32). The Labute approximate surface area is 202 Å². The summed E-state index contributed by atoms with van der Waals surface area (Å²) >= 11 is 5.91. The summed E-state index contributed by atoms with van der Waals surface area (Å²) in [6.45, 7) is 0.0632. The number of aromatic nitrogens is 1. The van der Waals surface area contributed by atoms with Crippen LogP contribution in [0.15, 0.2) is 76.9 Å². The second kappa shape index (κ2) is 9.27. The van der Waals surface area contributed by atoms with Crippen molar-refractivity contribution in [3.63, 3.8) is 0 Å². The molecule has 2 heterocycles.